The molecule has 0 spiro atoms. The van der Waals surface area contributed by atoms with Crippen LogP contribution < -0.4 is 0 Å². The van der Waals surface area contributed by atoms with Gasteiger partial charge in [-0.2, -0.15) is 0 Å². The number of aryl methyl sites for hydroxylation is 1. The van der Waals surface area contributed by atoms with Crippen molar-refractivity contribution in [2.45, 2.75) is 40.0 Å². The van der Waals surface area contributed by atoms with Crippen molar-refractivity contribution in [1.82, 2.24) is 4.90 Å². The van der Waals surface area contributed by atoms with E-state index in [0.29, 0.717) is 0 Å². The molecule has 1 amide bonds. The molecule has 0 atom stereocenters. The minimum Gasteiger partial charge on any atom is -0.341 e. The normalized spacial score (nSPS) is 13.9. The van der Waals surface area contributed by atoms with Crippen molar-refractivity contribution in [3.05, 3.63) is 34.9 Å². The van der Waals surface area contributed by atoms with Crippen LogP contribution in [0.25, 0.3) is 0 Å². The zero-order valence-corrected chi connectivity index (χ0v) is 11.4. The van der Waals surface area contributed by atoms with Gasteiger partial charge in [-0.1, -0.05) is 39.3 Å². The number of likely N-dealkylation sites (N-methyl/N-ethyl adjacent to an activating group) is 1. The van der Waals surface area contributed by atoms with Crippen LogP contribution in [0.3, 0.4) is 0 Å². The predicted molar refractivity (Wildman–Crippen MR) is 72.4 cm³/mol. The topological polar surface area (TPSA) is 20.3 Å². The first-order valence-electron chi connectivity index (χ1n) is 6.59. The zero-order chi connectivity index (χ0) is 12.8. The van der Waals surface area contributed by atoms with E-state index in [-0.39, 0.29) is 5.91 Å². The number of rotatable bonds is 2. The van der Waals surface area contributed by atoms with Crippen LogP contribution in [0.15, 0.2) is 18.2 Å². The fraction of sp³-hybridized carbons (Fsp3) is 0.533. The zero-order valence-electron chi connectivity index (χ0n) is 11.4. The largest absolute Gasteiger partial charge is 0.341 e. The van der Waals surface area contributed by atoms with E-state index in [1.807, 2.05) is 20.9 Å². The van der Waals surface area contributed by atoms with Gasteiger partial charge in [0.25, 0.3) is 5.91 Å². The van der Waals surface area contributed by atoms with Crippen molar-refractivity contribution in [3.8, 4) is 0 Å². The molecule has 0 saturated heterocycles. The smallest absolute Gasteiger partial charge is 0.253 e. The van der Waals surface area contributed by atoms with E-state index in [4.69, 9.17) is 0 Å². The summed E-state index contributed by atoms with van der Waals surface area (Å²) in [7, 11) is 1.87. The van der Waals surface area contributed by atoms with E-state index in [1.165, 1.54) is 11.1 Å². The van der Waals surface area contributed by atoms with Crippen molar-refractivity contribution in [1.29, 1.82) is 0 Å². The Kier molecular flexibility index (Phi) is 5.20. The minimum absolute atomic E-state index is 0.175. The molecular formula is C15H23NO. The van der Waals surface area contributed by atoms with Crippen LogP contribution in [0, 0.1) is 0 Å². The van der Waals surface area contributed by atoms with Crippen LogP contribution in [-0.2, 0) is 12.8 Å². The quantitative estimate of drug-likeness (QED) is 0.767. The van der Waals surface area contributed by atoms with Gasteiger partial charge >= 0.3 is 0 Å². The summed E-state index contributed by atoms with van der Waals surface area (Å²) in [5, 5.41) is 0. The van der Waals surface area contributed by atoms with Gasteiger partial charge in [0.15, 0.2) is 0 Å². The SMILES string of the molecule is CC.CCCc1ccc2c(c1)C(=O)N(C)CC2. The predicted octanol–water partition coefficient (Wildman–Crippen LogP) is 3.29. The van der Waals surface area contributed by atoms with Crippen molar-refractivity contribution < 1.29 is 4.79 Å². The van der Waals surface area contributed by atoms with Crippen molar-refractivity contribution in [2.75, 3.05) is 13.6 Å². The number of amides is 1. The molecule has 0 aromatic heterocycles. The van der Waals surface area contributed by atoms with Crippen LogP contribution in [0.1, 0.15) is 48.7 Å². The lowest BCUT2D eigenvalue weighted by atomic mass is 9.96. The van der Waals surface area contributed by atoms with E-state index in [1.54, 1.807) is 4.90 Å². The van der Waals surface area contributed by atoms with Gasteiger partial charge in [0.1, 0.15) is 0 Å². The Morgan fingerprint density at radius 1 is 1.29 bits per heavy atom. The second kappa shape index (κ2) is 6.43. The van der Waals surface area contributed by atoms with Crippen LogP contribution in [0.5, 0.6) is 0 Å². The van der Waals surface area contributed by atoms with Crippen molar-refractivity contribution in [3.63, 3.8) is 0 Å². The summed E-state index contributed by atoms with van der Waals surface area (Å²) in [6.45, 7) is 7.01. The lowest BCUT2D eigenvalue weighted by molar-refractivity contribution is 0.0781. The Bertz CT molecular complexity index is 385. The third kappa shape index (κ3) is 3.09. The van der Waals surface area contributed by atoms with Gasteiger partial charge < -0.3 is 4.90 Å². The van der Waals surface area contributed by atoms with E-state index >= 15 is 0 Å². The Balaban J connectivity index is 0.000000686. The third-order valence-electron chi connectivity index (χ3n) is 3.01. The van der Waals surface area contributed by atoms with Gasteiger partial charge in [0.2, 0.25) is 0 Å². The molecule has 1 aliphatic heterocycles. The van der Waals surface area contributed by atoms with E-state index in [0.717, 1.165) is 31.4 Å². The number of carbonyl (C=O) groups is 1. The first-order valence-corrected chi connectivity index (χ1v) is 6.59. The fourth-order valence-electron chi connectivity index (χ4n) is 2.08. The molecule has 0 radical (unpaired) electrons. The highest BCUT2D eigenvalue weighted by Crippen LogP contribution is 2.20. The summed E-state index contributed by atoms with van der Waals surface area (Å²) in [6, 6.07) is 6.34. The summed E-state index contributed by atoms with van der Waals surface area (Å²) in [5.74, 6) is 0.175. The van der Waals surface area contributed by atoms with Gasteiger partial charge in [-0.25, -0.2) is 0 Å². The van der Waals surface area contributed by atoms with Gasteiger partial charge in [-0.15, -0.1) is 0 Å². The van der Waals surface area contributed by atoms with Crippen LogP contribution in [-0.4, -0.2) is 24.4 Å². The molecule has 1 aromatic rings. The highest BCUT2D eigenvalue weighted by atomic mass is 16.2. The first-order chi connectivity index (χ1) is 8.22. The number of carbonyl (C=O) groups excluding carboxylic acids is 1. The van der Waals surface area contributed by atoms with Crippen molar-refractivity contribution >= 4 is 5.91 Å². The van der Waals surface area contributed by atoms with Crippen LogP contribution >= 0.6 is 0 Å². The molecule has 0 aliphatic carbocycles. The standard InChI is InChI=1S/C13H17NO.C2H6/c1-3-4-10-5-6-11-7-8-14(2)13(15)12(11)9-10;1-2/h5-6,9H,3-4,7-8H2,1-2H3;1-2H3. The molecule has 1 aromatic carbocycles. The molecule has 0 N–H and O–H groups in total. The maximum absolute atomic E-state index is 11.9. The van der Waals surface area contributed by atoms with E-state index in [9.17, 15) is 4.79 Å². The third-order valence-corrected chi connectivity index (χ3v) is 3.01. The molecular weight excluding hydrogens is 210 g/mol. The summed E-state index contributed by atoms with van der Waals surface area (Å²) in [4.78, 5) is 13.7. The maximum atomic E-state index is 11.9. The van der Waals surface area contributed by atoms with Gasteiger partial charge in [-0.05, 0) is 30.0 Å². The first kappa shape index (κ1) is 13.8. The minimum atomic E-state index is 0.175. The molecule has 0 fully saturated rings. The Labute approximate surface area is 105 Å². The second-order valence-corrected chi connectivity index (χ2v) is 4.22. The Hall–Kier alpha value is -1.31. The highest BCUT2D eigenvalue weighted by Gasteiger charge is 2.21. The molecule has 0 saturated carbocycles. The molecule has 1 aliphatic rings. The number of benzene rings is 1. The molecule has 2 rings (SSSR count). The second-order valence-electron chi connectivity index (χ2n) is 4.22. The molecule has 2 nitrogen and oxygen atoms in total. The lowest BCUT2D eigenvalue weighted by Crippen LogP contribution is -2.34. The molecule has 0 unspecified atom stereocenters. The number of hydrogen-bond acceptors (Lipinski definition) is 1. The van der Waals surface area contributed by atoms with Gasteiger partial charge in [0.05, 0.1) is 0 Å². The summed E-state index contributed by atoms with van der Waals surface area (Å²) >= 11 is 0. The number of hydrogen-bond donors (Lipinski definition) is 0. The Morgan fingerprint density at radius 2 is 2.00 bits per heavy atom. The van der Waals surface area contributed by atoms with Gasteiger partial charge in [-0.3, -0.25) is 4.79 Å². The van der Waals surface area contributed by atoms with Gasteiger partial charge in [0, 0.05) is 19.2 Å². The van der Waals surface area contributed by atoms with Crippen LogP contribution in [0.2, 0.25) is 0 Å². The van der Waals surface area contributed by atoms with Crippen molar-refractivity contribution in [2.24, 2.45) is 0 Å². The van der Waals surface area contributed by atoms with E-state index in [2.05, 4.69) is 25.1 Å². The van der Waals surface area contributed by atoms with E-state index < -0.39 is 0 Å². The molecule has 2 heteroatoms. The molecule has 0 bridgehead atoms. The average Bonchev–Trinajstić information content (AvgIpc) is 2.37. The molecule has 94 valence electrons. The summed E-state index contributed by atoms with van der Waals surface area (Å²) in [5.41, 5.74) is 3.40. The summed E-state index contributed by atoms with van der Waals surface area (Å²) in [6.07, 6.45) is 3.18. The monoisotopic (exact) mass is 233 g/mol. The summed E-state index contributed by atoms with van der Waals surface area (Å²) < 4.78 is 0. The molecule has 1 heterocycles. The lowest BCUT2D eigenvalue weighted by Gasteiger charge is -2.25. The highest BCUT2D eigenvalue weighted by molar-refractivity contribution is 5.96. The Morgan fingerprint density at radius 3 is 2.65 bits per heavy atom. The number of nitrogens with zero attached hydrogens (tertiary/aromatic N) is 1. The average molecular weight is 233 g/mol. The number of fused-ring (bicyclic) bond motifs is 1. The maximum Gasteiger partial charge on any atom is 0.253 e. The molecule has 17 heavy (non-hydrogen) atoms. The fourth-order valence-corrected chi connectivity index (χ4v) is 2.08. The van der Waals surface area contributed by atoms with Crippen LogP contribution in [0.4, 0.5) is 0 Å².